The fraction of sp³-hybridized carbons (Fsp3) is 0.200. The maximum absolute atomic E-state index is 12.4. The van der Waals surface area contributed by atoms with Crippen LogP contribution in [-0.4, -0.2) is 28.7 Å². The summed E-state index contributed by atoms with van der Waals surface area (Å²) in [6.45, 7) is 2.02. The zero-order valence-corrected chi connectivity index (χ0v) is 15.2. The highest BCUT2D eigenvalue weighted by atomic mass is 32.2. The van der Waals surface area contributed by atoms with Crippen LogP contribution in [0.2, 0.25) is 0 Å². The number of aromatic nitrogens is 2. The summed E-state index contributed by atoms with van der Waals surface area (Å²) in [5.74, 6) is 0.401. The van der Waals surface area contributed by atoms with Gasteiger partial charge < -0.3 is 9.88 Å². The van der Waals surface area contributed by atoms with Crippen LogP contribution < -0.4 is 4.90 Å². The number of aromatic amines is 1. The second-order valence-electron chi connectivity index (χ2n) is 5.85. The number of hydrogen-bond acceptors (Lipinski definition) is 3. The third kappa shape index (κ3) is 4.51. The Kier molecular flexibility index (Phi) is 5.56. The molecule has 1 N–H and O–H groups in total. The van der Waals surface area contributed by atoms with Crippen molar-refractivity contribution in [3.8, 4) is 0 Å². The molecule has 0 spiro atoms. The molecule has 4 nitrogen and oxygen atoms in total. The number of thioether (sulfide) groups is 1. The van der Waals surface area contributed by atoms with E-state index >= 15 is 0 Å². The first-order valence-electron chi connectivity index (χ1n) is 8.17. The molecule has 1 amide bonds. The number of imidazole rings is 1. The van der Waals surface area contributed by atoms with Gasteiger partial charge in [0, 0.05) is 24.8 Å². The van der Waals surface area contributed by atoms with Crippen molar-refractivity contribution in [3.63, 3.8) is 0 Å². The number of rotatable bonds is 6. The SMILES string of the molecule is Cc1[nH]c(SCC(=O)N(C)c2ccccc2)nc1Cc1ccccc1. The number of amides is 1. The molecule has 0 unspecified atom stereocenters. The minimum atomic E-state index is 0.0508. The predicted molar refractivity (Wildman–Crippen MR) is 103 cm³/mol. The van der Waals surface area contributed by atoms with Crippen LogP contribution in [0.3, 0.4) is 0 Å². The lowest BCUT2D eigenvalue weighted by atomic mass is 10.1. The smallest absolute Gasteiger partial charge is 0.237 e. The molecule has 0 fully saturated rings. The molecule has 3 aromatic rings. The van der Waals surface area contributed by atoms with Gasteiger partial charge >= 0.3 is 0 Å². The Balaban J connectivity index is 1.60. The van der Waals surface area contributed by atoms with Crippen molar-refractivity contribution < 1.29 is 4.79 Å². The maximum Gasteiger partial charge on any atom is 0.237 e. The lowest BCUT2D eigenvalue weighted by molar-refractivity contribution is -0.115. The zero-order valence-electron chi connectivity index (χ0n) is 14.4. The molecule has 0 aliphatic heterocycles. The Bertz CT molecular complexity index is 831. The summed E-state index contributed by atoms with van der Waals surface area (Å²) in [6.07, 6.45) is 0.793. The maximum atomic E-state index is 12.4. The Morgan fingerprint density at radius 3 is 2.40 bits per heavy atom. The number of para-hydroxylation sites is 1. The Morgan fingerprint density at radius 2 is 1.72 bits per heavy atom. The van der Waals surface area contributed by atoms with Crippen LogP contribution in [0.1, 0.15) is 17.0 Å². The minimum absolute atomic E-state index is 0.0508. The first kappa shape index (κ1) is 17.3. The van der Waals surface area contributed by atoms with E-state index in [1.807, 2.05) is 55.5 Å². The van der Waals surface area contributed by atoms with Gasteiger partial charge in [-0.25, -0.2) is 4.98 Å². The molecule has 0 saturated heterocycles. The number of H-pyrrole nitrogens is 1. The molecule has 0 radical (unpaired) electrons. The van der Waals surface area contributed by atoms with E-state index in [2.05, 4.69) is 22.1 Å². The number of aryl methyl sites for hydroxylation is 1. The summed E-state index contributed by atoms with van der Waals surface area (Å²) >= 11 is 1.44. The first-order chi connectivity index (χ1) is 12.1. The van der Waals surface area contributed by atoms with Crippen molar-refractivity contribution in [1.29, 1.82) is 0 Å². The topological polar surface area (TPSA) is 49.0 Å². The average Bonchev–Trinajstić information content (AvgIpc) is 3.00. The minimum Gasteiger partial charge on any atom is -0.337 e. The standard InChI is InChI=1S/C20H21N3OS/c1-15-18(13-16-9-5-3-6-10-16)22-20(21-15)25-14-19(24)23(2)17-11-7-4-8-12-17/h3-12H,13-14H2,1-2H3,(H,21,22). The third-order valence-corrected chi connectivity index (χ3v) is 4.89. The van der Waals surface area contributed by atoms with Gasteiger partial charge in [0.15, 0.2) is 5.16 Å². The summed E-state index contributed by atoms with van der Waals surface area (Å²) in [5, 5.41) is 0.790. The van der Waals surface area contributed by atoms with E-state index in [9.17, 15) is 4.79 Å². The number of carbonyl (C=O) groups is 1. The Hall–Kier alpha value is -2.53. The summed E-state index contributed by atoms with van der Waals surface area (Å²) < 4.78 is 0. The Labute approximate surface area is 152 Å². The van der Waals surface area contributed by atoms with E-state index in [1.54, 1.807) is 11.9 Å². The lowest BCUT2D eigenvalue weighted by Gasteiger charge is -2.16. The van der Waals surface area contributed by atoms with Crippen LogP contribution in [0.25, 0.3) is 0 Å². The molecule has 5 heteroatoms. The van der Waals surface area contributed by atoms with Crippen LogP contribution in [-0.2, 0) is 11.2 Å². The molecule has 0 aliphatic rings. The largest absolute Gasteiger partial charge is 0.337 e. The zero-order chi connectivity index (χ0) is 17.6. The van der Waals surface area contributed by atoms with E-state index in [-0.39, 0.29) is 5.91 Å². The van der Waals surface area contributed by atoms with Crippen LogP contribution in [0.4, 0.5) is 5.69 Å². The number of nitrogens with one attached hydrogen (secondary N) is 1. The van der Waals surface area contributed by atoms with E-state index in [4.69, 9.17) is 0 Å². The number of hydrogen-bond donors (Lipinski definition) is 1. The van der Waals surface area contributed by atoms with Crippen LogP contribution >= 0.6 is 11.8 Å². The first-order valence-corrected chi connectivity index (χ1v) is 9.16. The lowest BCUT2D eigenvalue weighted by Crippen LogP contribution is -2.27. The van der Waals surface area contributed by atoms with Gasteiger partial charge in [-0.3, -0.25) is 4.79 Å². The molecule has 1 aromatic heterocycles. The van der Waals surface area contributed by atoms with Crippen molar-refractivity contribution in [3.05, 3.63) is 77.6 Å². The average molecular weight is 351 g/mol. The van der Waals surface area contributed by atoms with Gasteiger partial charge in [0.05, 0.1) is 11.4 Å². The van der Waals surface area contributed by atoms with Gasteiger partial charge in [-0.1, -0.05) is 60.3 Å². The highest BCUT2D eigenvalue weighted by Crippen LogP contribution is 2.20. The van der Waals surface area contributed by atoms with Crippen LogP contribution in [0.5, 0.6) is 0 Å². The third-order valence-electron chi connectivity index (χ3n) is 4.03. The quantitative estimate of drug-likeness (QED) is 0.681. The molecule has 25 heavy (non-hydrogen) atoms. The van der Waals surface area contributed by atoms with Crippen molar-refractivity contribution in [1.82, 2.24) is 9.97 Å². The molecule has 0 bridgehead atoms. The van der Waals surface area contributed by atoms with Crippen molar-refractivity contribution in [2.75, 3.05) is 17.7 Å². The van der Waals surface area contributed by atoms with Gasteiger partial charge in [-0.2, -0.15) is 0 Å². The highest BCUT2D eigenvalue weighted by Gasteiger charge is 2.13. The number of anilines is 1. The van der Waals surface area contributed by atoms with Gasteiger partial charge in [0.2, 0.25) is 5.91 Å². The van der Waals surface area contributed by atoms with Gasteiger partial charge in [0.25, 0.3) is 0 Å². The van der Waals surface area contributed by atoms with Crippen LogP contribution in [0.15, 0.2) is 65.8 Å². The van der Waals surface area contributed by atoms with Gasteiger partial charge in [-0.05, 0) is 24.6 Å². The number of benzene rings is 2. The van der Waals surface area contributed by atoms with Crippen LogP contribution in [0, 0.1) is 6.92 Å². The number of nitrogens with zero attached hydrogens (tertiary/aromatic N) is 2. The molecular formula is C20H21N3OS. The second kappa shape index (κ2) is 8.03. The summed E-state index contributed by atoms with van der Waals surface area (Å²) in [6, 6.07) is 19.9. The fourth-order valence-corrected chi connectivity index (χ4v) is 3.37. The Morgan fingerprint density at radius 1 is 1.08 bits per heavy atom. The van der Waals surface area contributed by atoms with Gasteiger partial charge in [0.1, 0.15) is 0 Å². The van der Waals surface area contributed by atoms with E-state index in [0.717, 1.165) is 28.7 Å². The molecule has 0 atom stereocenters. The molecule has 2 aromatic carbocycles. The van der Waals surface area contributed by atoms with E-state index in [0.29, 0.717) is 5.75 Å². The molecule has 128 valence electrons. The normalized spacial score (nSPS) is 10.6. The summed E-state index contributed by atoms with van der Waals surface area (Å²) in [4.78, 5) is 22.0. The monoisotopic (exact) mass is 351 g/mol. The fourth-order valence-electron chi connectivity index (χ4n) is 2.52. The molecule has 1 heterocycles. The van der Waals surface area contributed by atoms with Crippen molar-refractivity contribution >= 4 is 23.4 Å². The summed E-state index contributed by atoms with van der Waals surface area (Å²) in [7, 11) is 1.80. The molecule has 3 rings (SSSR count). The van der Waals surface area contributed by atoms with Gasteiger partial charge in [-0.15, -0.1) is 0 Å². The summed E-state index contributed by atoms with van der Waals surface area (Å²) in [5.41, 5.74) is 4.20. The van der Waals surface area contributed by atoms with E-state index < -0.39 is 0 Å². The second-order valence-corrected chi connectivity index (χ2v) is 6.82. The van der Waals surface area contributed by atoms with Crippen molar-refractivity contribution in [2.45, 2.75) is 18.5 Å². The van der Waals surface area contributed by atoms with E-state index in [1.165, 1.54) is 17.3 Å². The molecule has 0 aliphatic carbocycles. The highest BCUT2D eigenvalue weighted by molar-refractivity contribution is 7.99. The van der Waals surface area contributed by atoms with Crippen molar-refractivity contribution in [2.24, 2.45) is 0 Å². The number of carbonyl (C=O) groups excluding carboxylic acids is 1. The molecule has 0 saturated carbocycles. The molecular weight excluding hydrogens is 330 g/mol. The predicted octanol–water partition coefficient (Wildman–Crippen LogP) is 4.06.